The fraction of sp³-hybridized carbons (Fsp3) is 0.231. The lowest BCUT2D eigenvalue weighted by atomic mass is 10.1. The number of benzene rings is 1. The van der Waals surface area contributed by atoms with Crippen LogP contribution in [0.4, 0.5) is 5.69 Å². The van der Waals surface area contributed by atoms with E-state index < -0.39 is 0 Å². The molecule has 0 aliphatic carbocycles. The SMILES string of the molecule is CCc1oc2c(Cl)cc(N=C(N)N=C(N)N)cc2c1C. The second-order valence-corrected chi connectivity index (χ2v) is 4.72. The maximum absolute atomic E-state index is 6.20. The van der Waals surface area contributed by atoms with E-state index in [1.807, 2.05) is 19.9 Å². The minimum Gasteiger partial charge on any atom is -0.459 e. The number of nitrogens with two attached hydrogens (primary N) is 3. The molecule has 20 heavy (non-hydrogen) atoms. The molecule has 0 radical (unpaired) electrons. The lowest BCUT2D eigenvalue weighted by Crippen LogP contribution is -2.26. The Bertz CT molecular complexity index is 713. The zero-order valence-corrected chi connectivity index (χ0v) is 12.0. The van der Waals surface area contributed by atoms with Crippen LogP contribution in [-0.4, -0.2) is 11.9 Å². The highest BCUT2D eigenvalue weighted by Gasteiger charge is 2.13. The van der Waals surface area contributed by atoms with Crippen molar-refractivity contribution < 1.29 is 4.42 Å². The molecule has 0 atom stereocenters. The minimum absolute atomic E-state index is 0.0303. The summed E-state index contributed by atoms with van der Waals surface area (Å²) in [6, 6.07) is 3.50. The van der Waals surface area contributed by atoms with Crippen LogP contribution in [0.25, 0.3) is 11.0 Å². The molecule has 1 heterocycles. The molecular formula is C13H16ClN5O. The number of guanidine groups is 2. The maximum atomic E-state index is 6.20. The molecule has 0 spiro atoms. The van der Waals surface area contributed by atoms with Gasteiger partial charge in [-0.1, -0.05) is 18.5 Å². The normalized spacial score (nSPS) is 11.8. The van der Waals surface area contributed by atoms with Gasteiger partial charge in [0.1, 0.15) is 5.76 Å². The van der Waals surface area contributed by atoms with Crippen LogP contribution in [0.1, 0.15) is 18.2 Å². The molecule has 0 fully saturated rings. The molecule has 106 valence electrons. The Morgan fingerprint density at radius 1 is 1.30 bits per heavy atom. The first-order valence-corrected chi connectivity index (χ1v) is 6.45. The third-order valence-corrected chi connectivity index (χ3v) is 3.17. The maximum Gasteiger partial charge on any atom is 0.223 e. The number of halogens is 1. The van der Waals surface area contributed by atoms with Crippen molar-refractivity contribution in [1.82, 2.24) is 0 Å². The molecule has 0 bridgehead atoms. The number of rotatable bonds is 2. The van der Waals surface area contributed by atoms with Crippen molar-refractivity contribution in [3.63, 3.8) is 0 Å². The molecule has 7 heteroatoms. The Hall–Kier alpha value is -2.21. The third kappa shape index (κ3) is 2.70. The number of fused-ring (bicyclic) bond motifs is 1. The van der Waals surface area contributed by atoms with Gasteiger partial charge in [-0.15, -0.1) is 0 Å². The van der Waals surface area contributed by atoms with Gasteiger partial charge in [-0.2, -0.15) is 4.99 Å². The molecule has 0 saturated carbocycles. The number of hydrogen-bond donors (Lipinski definition) is 3. The molecule has 6 N–H and O–H groups in total. The van der Waals surface area contributed by atoms with Crippen LogP contribution in [0.2, 0.25) is 5.02 Å². The highest BCUT2D eigenvalue weighted by Crippen LogP contribution is 2.35. The predicted octanol–water partition coefficient (Wildman–Crippen LogP) is 2.18. The van der Waals surface area contributed by atoms with Crippen LogP contribution in [0.15, 0.2) is 26.5 Å². The molecule has 2 rings (SSSR count). The van der Waals surface area contributed by atoms with E-state index in [0.29, 0.717) is 16.3 Å². The Morgan fingerprint density at radius 2 is 2.00 bits per heavy atom. The monoisotopic (exact) mass is 293 g/mol. The minimum atomic E-state index is -0.147. The molecule has 0 amide bonds. The van der Waals surface area contributed by atoms with E-state index in [0.717, 1.165) is 23.1 Å². The van der Waals surface area contributed by atoms with Crippen molar-refractivity contribution in [3.8, 4) is 0 Å². The van der Waals surface area contributed by atoms with E-state index in [1.54, 1.807) is 6.07 Å². The molecule has 1 aromatic heterocycles. The molecule has 6 nitrogen and oxygen atoms in total. The summed E-state index contributed by atoms with van der Waals surface area (Å²) >= 11 is 6.20. The van der Waals surface area contributed by atoms with Gasteiger partial charge in [0.25, 0.3) is 0 Å². The van der Waals surface area contributed by atoms with E-state index in [4.69, 9.17) is 33.2 Å². The standard InChI is InChI=1S/C13H16ClN5O/c1-3-10-6(2)8-4-7(5-9(14)11(8)20-10)18-13(17)19-12(15)16/h4-5H,3H2,1-2H3,(H6,15,16,17,18,19). The Balaban J connectivity index is 2.57. The average molecular weight is 294 g/mol. The highest BCUT2D eigenvalue weighted by atomic mass is 35.5. The van der Waals surface area contributed by atoms with Crippen molar-refractivity contribution in [2.24, 2.45) is 27.2 Å². The van der Waals surface area contributed by atoms with Gasteiger partial charge in [-0.25, -0.2) is 4.99 Å². The van der Waals surface area contributed by atoms with Gasteiger partial charge in [-0.3, -0.25) is 0 Å². The zero-order valence-electron chi connectivity index (χ0n) is 11.3. The first-order valence-electron chi connectivity index (χ1n) is 6.07. The summed E-state index contributed by atoms with van der Waals surface area (Å²) in [5, 5.41) is 1.38. The summed E-state index contributed by atoms with van der Waals surface area (Å²) in [5.74, 6) is 0.726. The van der Waals surface area contributed by atoms with Crippen molar-refractivity contribution in [1.29, 1.82) is 0 Å². The summed E-state index contributed by atoms with van der Waals surface area (Å²) in [7, 11) is 0. The van der Waals surface area contributed by atoms with Gasteiger partial charge in [0.05, 0.1) is 10.7 Å². The first-order chi connectivity index (χ1) is 9.42. The largest absolute Gasteiger partial charge is 0.459 e. The Morgan fingerprint density at radius 3 is 2.60 bits per heavy atom. The number of furan rings is 1. The van der Waals surface area contributed by atoms with Crippen LogP contribution >= 0.6 is 11.6 Å². The first kappa shape index (κ1) is 14.2. The summed E-state index contributed by atoms with van der Waals surface area (Å²) in [5.41, 5.74) is 18.3. The van der Waals surface area contributed by atoms with Crippen LogP contribution in [-0.2, 0) is 6.42 Å². The second-order valence-electron chi connectivity index (χ2n) is 4.31. The molecular weight excluding hydrogens is 278 g/mol. The van der Waals surface area contributed by atoms with Gasteiger partial charge in [0.2, 0.25) is 5.96 Å². The number of hydrogen-bond acceptors (Lipinski definition) is 2. The molecule has 0 saturated heterocycles. The zero-order chi connectivity index (χ0) is 14.9. The number of aryl methyl sites for hydroxylation is 2. The predicted molar refractivity (Wildman–Crippen MR) is 82.4 cm³/mol. The fourth-order valence-electron chi connectivity index (χ4n) is 2.00. The summed E-state index contributed by atoms with van der Waals surface area (Å²) in [6.07, 6.45) is 0.797. The third-order valence-electron chi connectivity index (χ3n) is 2.88. The van der Waals surface area contributed by atoms with Gasteiger partial charge in [0.15, 0.2) is 11.5 Å². The van der Waals surface area contributed by atoms with E-state index in [2.05, 4.69) is 9.98 Å². The summed E-state index contributed by atoms with van der Waals surface area (Å²) < 4.78 is 5.72. The molecule has 0 aliphatic heterocycles. The topological polar surface area (TPSA) is 116 Å². The fourth-order valence-corrected chi connectivity index (χ4v) is 2.25. The molecule has 1 aromatic carbocycles. The number of nitrogens with zero attached hydrogens (tertiary/aromatic N) is 2. The van der Waals surface area contributed by atoms with E-state index >= 15 is 0 Å². The summed E-state index contributed by atoms with van der Waals surface area (Å²) in [6.45, 7) is 4.00. The van der Waals surface area contributed by atoms with Gasteiger partial charge < -0.3 is 21.6 Å². The second kappa shape index (κ2) is 5.42. The van der Waals surface area contributed by atoms with Crippen molar-refractivity contribution >= 4 is 40.2 Å². The smallest absolute Gasteiger partial charge is 0.223 e. The molecule has 0 unspecified atom stereocenters. The van der Waals surface area contributed by atoms with E-state index in [1.165, 1.54) is 0 Å². The van der Waals surface area contributed by atoms with Gasteiger partial charge in [0, 0.05) is 11.8 Å². The van der Waals surface area contributed by atoms with Crippen molar-refractivity contribution in [2.75, 3.05) is 0 Å². The average Bonchev–Trinajstić information content (AvgIpc) is 2.66. The Labute approximate surface area is 121 Å². The lowest BCUT2D eigenvalue weighted by Gasteiger charge is -1.99. The number of aliphatic imine (C=N–C) groups is 2. The van der Waals surface area contributed by atoms with Crippen LogP contribution in [0.3, 0.4) is 0 Å². The van der Waals surface area contributed by atoms with E-state index in [-0.39, 0.29) is 11.9 Å². The van der Waals surface area contributed by atoms with Crippen molar-refractivity contribution in [2.45, 2.75) is 20.3 Å². The highest BCUT2D eigenvalue weighted by molar-refractivity contribution is 6.35. The lowest BCUT2D eigenvalue weighted by molar-refractivity contribution is 0.553. The molecule has 0 aliphatic rings. The van der Waals surface area contributed by atoms with Crippen LogP contribution in [0, 0.1) is 6.92 Å². The van der Waals surface area contributed by atoms with Gasteiger partial charge >= 0.3 is 0 Å². The van der Waals surface area contributed by atoms with Gasteiger partial charge in [-0.05, 0) is 24.6 Å². The van der Waals surface area contributed by atoms with E-state index in [9.17, 15) is 0 Å². The molecule has 2 aromatic rings. The quantitative estimate of drug-likeness (QED) is 0.581. The van der Waals surface area contributed by atoms with Crippen LogP contribution < -0.4 is 17.2 Å². The summed E-state index contributed by atoms with van der Waals surface area (Å²) in [4.78, 5) is 7.77. The van der Waals surface area contributed by atoms with Crippen molar-refractivity contribution in [3.05, 3.63) is 28.5 Å². The van der Waals surface area contributed by atoms with Crippen LogP contribution in [0.5, 0.6) is 0 Å². The Kier molecular flexibility index (Phi) is 3.85.